The molecule has 1 rings (SSSR count). The maximum Gasteiger partial charge on any atom is 0.274 e. The van der Waals surface area contributed by atoms with E-state index in [1.54, 1.807) is 0 Å². The second-order valence-corrected chi connectivity index (χ2v) is 5.07. The van der Waals surface area contributed by atoms with Gasteiger partial charge in [-0.05, 0) is 37.7 Å². The van der Waals surface area contributed by atoms with Gasteiger partial charge in [0.15, 0.2) is 0 Å². The van der Waals surface area contributed by atoms with Crippen LogP contribution in [-0.4, -0.2) is 31.5 Å². The van der Waals surface area contributed by atoms with Gasteiger partial charge in [-0.2, -0.15) is 0 Å². The van der Waals surface area contributed by atoms with Crippen molar-refractivity contribution in [2.75, 3.05) is 20.7 Å². The summed E-state index contributed by atoms with van der Waals surface area (Å²) in [5.41, 5.74) is 4.23. The van der Waals surface area contributed by atoms with Gasteiger partial charge in [-0.1, -0.05) is 26.0 Å². The van der Waals surface area contributed by atoms with E-state index < -0.39 is 0 Å². The summed E-state index contributed by atoms with van der Waals surface area (Å²) >= 11 is 0. The van der Waals surface area contributed by atoms with Crippen LogP contribution in [-0.2, 0) is 11.4 Å². The number of amides is 1. The Balaban J connectivity index is 2.48. The molecule has 1 N–H and O–H groups in total. The largest absolute Gasteiger partial charge is 0.305 e. The Morgan fingerprint density at radius 3 is 2.39 bits per heavy atom. The van der Waals surface area contributed by atoms with E-state index in [1.165, 1.54) is 5.56 Å². The van der Waals surface area contributed by atoms with Crippen molar-refractivity contribution in [3.8, 4) is 0 Å². The Labute approximate surface area is 109 Å². The van der Waals surface area contributed by atoms with Crippen LogP contribution in [0.3, 0.4) is 0 Å². The van der Waals surface area contributed by atoms with Crippen molar-refractivity contribution in [2.24, 2.45) is 5.92 Å². The second-order valence-electron chi connectivity index (χ2n) is 5.07. The molecule has 1 amide bonds. The molecule has 4 heteroatoms. The fourth-order valence-electron chi connectivity index (χ4n) is 1.46. The van der Waals surface area contributed by atoms with Crippen LogP contribution in [0.5, 0.6) is 0 Å². The molecule has 0 aromatic heterocycles. The van der Waals surface area contributed by atoms with Crippen LogP contribution in [0, 0.1) is 5.92 Å². The molecule has 0 aliphatic heterocycles. The first-order valence-corrected chi connectivity index (χ1v) is 6.15. The van der Waals surface area contributed by atoms with Crippen molar-refractivity contribution in [3.05, 3.63) is 35.4 Å². The van der Waals surface area contributed by atoms with Gasteiger partial charge in [0.1, 0.15) is 0 Å². The minimum atomic E-state index is -0.202. The van der Waals surface area contributed by atoms with Crippen molar-refractivity contribution >= 4 is 5.91 Å². The van der Waals surface area contributed by atoms with Crippen LogP contribution >= 0.6 is 0 Å². The van der Waals surface area contributed by atoms with Crippen molar-refractivity contribution in [3.63, 3.8) is 0 Å². The Morgan fingerprint density at radius 2 is 1.89 bits per heavy atom. The fraction of sp³-hybridized carbons (Fsp3) is 0.500. The van der Waals surface area contributed by atoms with Crippen molar-refractivity contribution < 1.29 is 9.63 Å². The summed E-state index contributed by atoms with van der Waals surface area (Å²) in [4.78, 5) is 18.9. The molecule has 0 heterocycles. The zero-order valence-corrected chi connectivity index (χ0v) is 11.6. The molecule has 0 aliphatic carbocycles. The first-order chi connectivity index (χ1) is 8.49. The molecular weight excluding hydrogens is 228 g/mol. The zero-order chi connectivity index (χ0) is 13.5. The summed E-state index contributed by atoms with van der Waals surface area (Å²) < 4.78 is 0. The summed E-state index contributed by atoms with van der Waals surface area (Å²) in [5.74, 6) is 0.194. The molecular formula is C14H22N2O2. The molecule has 0 radical (unpaired) electrons. The monoisotopic (exact) mass is 250 g/mol. The number of rotatable bonds is 6. The molecule has 0 spiro atoms. The molecule has 18 heavy (non-hydrogen) atoms. The zero-order valence-electron chi connectivity index (χ0n) is 11.6. The summed E-state index contributed by atoms with van der Waals surface area (Å²) in [6.45, 7) is 5.45. The molecule has 0 atom stereocenters. The van der Waals surface area contributed by atoms with E-state index in [0.29, 0.717) is 18.1 Å². The number of nitrogens with zero attached hydrogens (tertiary/aromatic N) is 1. The van der Waals surface area contributed by atoms with Crippen LogP contribution in [0.2, 0.25) is 0 Å². The average Bonchev–Trinajstić information content (AvgIpc) is 2.28. The highest BCUT2D eigenvalue weighted by molar-refractivity contribution is 5.93. The first kappa shape index (κ1) is 14.7. The maximum absolute atomic E-state index is 11.7. The lowest BCUT2D eigenvalue weighted by Gasteiger charge is -2.10. The van der Waals surface area contributed by atoms with Gasteiger partial charge in [0.2, 0.25) is 0 Å². The van der Waals surface area contributed by atoms with E-state index in [4.69, 9.17) is 4.84 Å². The minimum Gasteiger partial charge on any atom is -0.305 e. The molecule has 4 nitrogen and oxygen atoms in total. The number of hydrogen-bond donors (Lipinski definition) is 1. The van der Waals surface area contributed by atoms with Gasteiger partial charge in [0, 0.05) is 12.1 Å². The molecule has 0 aliphatic rings. The van der Waals surface area contributed by atoms with Gasteiger partial charge in [0.25, 0.3) is 5.91 Å². The Hall–Kier alpha value is -1.39. The lowest BCUT2D eigenvalue weighted by atomic mass is 10.1. The van der Waals surface area contributed by atoms with E-state index in [2.05, 4.69) is 10.4 Å². The van der Waals surface area contributed by atoms with Crippen molar-refractivity contribution in [1.29, 1.82) is 0 Å². The van der Waals surface area contributed by atoms with Gasteiger partial charge in [-0.3, -0.25) is 9.63 Å². The van der Waals surface area contributed by atoms with Gasteiger partial charge >= 0.3 is 0 Å². The Morgan fingerprint density at radius 1 is 1.28 bits per heavy atom. The average molecular weight is 250 g/mol. The SMILES string of the molecule is CC(C)CONC(=O)c1ccc(CN(C)C)cc1. The maximum atomic E-state index is 11.7. The van der Waals surface area contributed by atoms with Crippen LogP contribution in [0.15, 0.2) is 24.3 Å². The fourth-order valence-corrected chi connectivity index (χ4v) is 1.46. The third kappa shape index (κ3) is 5.29. The highest BCUT2D eigenvalue weighted by Gasteiger charge is 2.06. The molecule has 1 aromatic carbocycles. The number of nitrogens with one attached hydrogen (secondary N) is 1. The molecule has 0 saturated carbocycles. The quantitative estimate of drug-likeness (QED) is 0.786. The summed E-state index contributed by atoms with van der Waals surface area (Å²) in [7, 11) is 4.03. The highest BCUT2D eigenvalue weighted by atomic mass is 16.6. The predicted molar refractivity (Wildman–Crippen MR) is 72.1 cm³/mol. The number of carbonyl (C=O) groups is 1. The van der Waals surface area contributed by atoms with E-state index in [9.17, 15) is 4.79 Å². The number of hydroxylamine groups is 1. The van der Waals surface area contributed by atoms with E-state index >= 15 is 0 Å². The van der Waals surface area contributed by atoms with Crippen molar-refractivity contribution in [1.82, 2.24) is 10.4 Å². The van der Waals surface area contributed by atoms with Crippen LogP contribution < -0.4 is 5.48 Å². The third-order valence-electron chi connectivity index (χ3n) is 2.30. The minimum absolute atomic E-state index is 0.202. The van der Waals surface area contributed by atoms with Crippen LogP contribution in [0.1, 0.15) is 29.8 Å². The molecule has 0 fully saturated rings. The highest BCUT2D eigenvalue weighted by Crippen LogP contribution is 2.06. The van der Waals surface area contributed by atoms with Crippen LogP contribution in [0.25, 0.3) is 0 Å². The topological polar surface area (TPSA) is 41.6 Å². The Kier molecular flexibility index (Phi) is 5.82. The van der Waals surface area contributed by atoms with Crippen molar-refractivity contribution in [2.45, 2.75) is 20.4 Å². The number of benzene rings is 1. The molecule has 0 unspecified atom stereocenters. The van der Waals surface area contributed by atoms with Gasteiger partial charge in [-0.25, -0.2) is 5.48 Å². The lowest BCUT2D eigenvalue weighted by molar-refractivity contribution is 0.0208. The van der Waals surface area contributed by atoms with E-state index in [1.807, 2.05) is 52.2 Å². The van der Waals surface area contributed by atoms with Gasteiger partial charge < -0.3 is 4.90 Å². The molecule has 100 valence electrons. The van der Waals surface area contributed by atoms with Gasteiger partial charge in [0.05, 0.1) is 6.61 Å². The van der Waals surface area contributed by atoms with E-state index in [-0.39, 0.29) is 5.91 Å². The lowest BCUT2D eigenvalue weighted by Crippen LogP contribution is -2.25. The molecule has 0 saturated heterocycles. The third-order valence-corrected chi connectivity index (χ3v) is 2.30. The molecule has 0 bridgehead atoms. The second kappa shape index (κ2) is 7.13. The normalized spacial score (nSPS) is 11.0. The van der Waals surface area contributed by atoms with Gasteiger partial charge in [-0.15, -0.1) is 0 Å². The Bertz CT molecular complexity index is 372. The predicted octanol–water partition coefficient (Wildman–Crippen LogP) is 2.07. The number of hydrogen-bond acceptors (Lipinski definition) is 3. The summed E-state index contributed by atoms with van der Waals surface area (Å²) in [5, 5.41) is 0. The smallest absolute Gasteiger partial charge is 0.274 e. The van der Waals surface area contributed by atoms with E-state index in [0.717, 1.165) is 6.54 Å². The van der Waals surface area contributed by atoms with Crippen LogP contribution in [0.4, 0.5) is 0 Å². The summed E-state index contributed by atoms with van der Waals surface area (Å²) in [6, 6.07) is 7.54. The number of carbonyl (C=O) groups excluding carboxylic acids is 1. The summed E-state index contributed by atoms with van der Waals surface area (Å²) in [6.07, 6.45) is 0. The molecule has 1 aromatic rings. The standard InChI is InChI=1S/C14H22N2O2/c1-11(2)10-18-15-14(17)13-7-5-12(6-8-13)9-16(3)4/h5-8,11H,9-10H2,1-4H3,(H,15,17). The first-order valence-electron chi connectivity index (χ1n) is 6.15.